The number of ether oxygens (including phenoxy) is 1. The van der Waals surface area contributed by atoms with Crippen LogP contribution < -0.4 is 5.32 Å². The highest BCUT2D eigenvalue weighted by atomic mass is 19.4. The number of benzene rings is 1. The number of halogens is 6. The molecule has 2 aromatic heterocycles. The number of fused-ring (bicyclic) bond motifs is 2. The van der Waals surface area contributed by atoms with Crippen LogP contribution in [-0.2, 0) is 23.6 Å². The molecule has 7 nitrogen and oxygen atoms in total. The number of aryl methyl sites for hydroxylation is 2. The number of aromatic amines is 1. The highest BCUT2D eigenvalue weighted by Gasteiger charge is 2.45. The molecular weight excluding hydrogens is 588 g/mol. The molecule has 236 valence electrons. The minimum atomic E-state index is -5.02. The van der Waals surface area contributed by atoms with Gasteiger partial charge in [-0.3, -0.25) is 10.00 Å². The number of anilines is 1. The smallest absolute Gasteiger partial charge is 0.416 e. The topological polar surface area (TPSA) is 83.1 Å². The van der Waals surface area contributed by atoms with E-state index in [-0.39, 0.29) is 30.1 Å². The molecule has 7 rings (SSSR count). The van der Waals surface area contributed by atoms with Crippen molar-refractivity contribution in [3.05, 3.63) is 63.6 Å². The average Bonchev–Trinajstić information content (AvgIpc) is 3.44. The van der Waals surface area contributed by atoms with Crippen LogP contribution in [0.3, 0.4) is 0 Å². The number of H-pyrrole nitrogens is 1. The zero-order valence-electron chi connectivity index (χ0n) is 24.7. The first-order valence-corrected chi connectivity index (χ1v) is 14.7. The molecule has 3 unspecified atom stereocenters. The van der Waals surface area contributed by atoms with E-state index in [4.69, 9.17) is 9.72 Å². The van der Waals surface area contributed by atoms with Crippen LogP contribution >= 0.6 is 0 Å². The summed E-state index contributed by atoms with van der Waals surface area (Å²) in [6, 6.07) is 0.653. The second kappa shape index (κ2) is 10.7. The van der Waals surface area contributed by atoms with Gasteiger partial charge in [0.15, 0.2) is 0 Å². The number of carbonyl (C=O) groups excluding carboxylic acids is 1. The standard InChI is InChI=1S/C31H33F6N5O2/c1-5-17-8-18-6-7-24(17)39-28-23(26(18)22(12-38-28)25-14(2)40-41-15(25)3)13-42-16(4)27(44-29(42)43)19-9-20(30(32,33)34)11-21(10-19)31(35,36)37/h9-12,16-18,24,27H,5-8,13H2,1-4H3,(H,38,39)(H,40,41)/t16-,17?,18?,24?,27-/m0/s1. The highest BCUT2D eigenvalue weighted by molar-refractivity contribution is 5.77. The molecule has 5 heterocycles. The molecule has 0 radical (unpaired) electrons. The van der Waals surface area contributed by atoms with Crippen molar-refractivity contribution in [1.29, 1.82) is 0 Å². The van der Waals surface area contributed by atoms with Gasteiger partial charge < -0.3 is 10.1 Å². The second-order valence-corrected chi connectivity index (χ2v) is 12.2. The molecule has 4 aliphatic rings. The summed E-state index contributed by atoms with van der Waals surface area (Å²) < 4.78 is 87.1. The lowest BCUT2D eigenvalue weighted by atomic mass is 9.70. The Morgan fingerprint density at radius 1 is 1.05 bits per heavy atom. The van der Waals surface area contributed by atoms with Crippen LogP contribution in [-0.4, -0.2) is 38.3 Å². The zero-order chi connectivity index (χ0) is 31.7. The number of hydrogen-bond acceptors (Lipinski definition) is 5. The molecule has 3 aromatic rings. The van der Waals surface area contributed by atoms with E-state index in [1.54, 1.807) is 6.92 Å². The van der Waals surface area contributed by atoms with Gasteiger partial charge in [0.25, 0.3) is 0 Å². The maximum atomic E-state index is 13.6. The summed E-state index contributed by atoms with van der Waals surface area (Å²) in [5, 5.41) is 11.0. The Morgan fingerprint density at radius 3 is 2.32 bits per heavy atom. The van der Waals surface area contributed by atoms with Crippen molar-refractivity contribution in [3.8, 4) is 11.1 Å². The van der Waals surface area contributed by atoms with Crippen LogP contribution in [0.4, 0.5) is 37.0 Å². The first-order valence-electron chi connectivity index (χ1n) is 14.7. The Bertz CT molecular complexity index is 1550. The lowest BCUT2D eigenvalue weighted by molar-refractivity contribution is -0.143. The molecule has 5 atom stereocenters. The van der Waals surface area contributed by atoms with Crippen molar-refractivity contribution in [3.63, 3.8) is 0 Å². The van der Waals surface area contributed by atoms with Crippen molar-refractivity contribution in [2.75, 3.05) is 5.32 Å². The maximum absolute atomic E-state index is 13.6. The quantitative estimate of drug-likeness (QED) is 0.280. The summed E-state index contributed by atoms with van der Waals surface area (Å²) in [7, 11) is 0. The van der Waals surface area contributed by atoms with Gasteiger partial charge in [0.05, 0.1) is 29.4 Å². The van der Waals surface area contributed by atoms with E-state index in [0.717, 1.165) is 59.3 Å². The minimum absolute atomic E-state index is 0.0239. The third-order valence-electron chi connectivity index (χ3n) is 9.52. The highest BCUT2D eigenvalue weighted by Crippen LogP contribution is 2.49. The fourth-order valence-corrected chi connectivity index (χ4v) is 7.28. The molecule has 3 aliphatic heterocycles. The predicted molar refractivity (Wildman–Crippen MR) is 150 cm³/mol. The SMILES string of the molecule is CCC1CC2CCC1Nc1ncc(-c3c(C)n[nH]c3C)c2c1CN1C(=O)O[C@H](c2cc(C(F)(F)F)cc(C(F)(F)F)c2)[C@@H]1C. The van der Waals surface area contributed by atoms with Crippen LogP contribution in [0.15, 0.2) is 24.4 Å². The van der Waals surface area contributed by atoms with Gasteiger partial charge in [-0.25, -0.2) is 9.78 Å². The van der Waals surface area contributed by atoms with Crippen molar-refractivity contribution >= 4 is 11.9 Å². The normalized spacial score (nSPS) is 25.1. The molecule has 1 saturated heterocycles. The van der Waals surface area contributed by atoms with Crippen LogP contribution in [0.1, 0.15) is 90.8 Å². The van der Waals surface area contributed by atoms with Crippen LogP contribution in [0, 0.1) is 19.8 Å². The van der Waals surface area contributed by atoms with Crippen molar-refractivity contribution < 1.29 is 35.9 Å². The Kier molecular flexibility index (Phi) is 7.35. The van der Waals surface area contributed by atoms with Gasteiger partial charge in [0.2, 0.25) is 0 Å². The number of nitrogens with one attached hydrogen (secondary N) is 2. The van der Waals surface area contributed by atoms with E-state index in [1.807, 2.05) is 20.0 Å². The van der Waals surface area contributed by atoms with Gasteiger partial charge in [-0.1, -0.05) is 13.3 Å². The van der Waals surface area contributed by atoms with E-state index in [0.29, 0.717) is 23.9 Å². The van der Waals surface area contributed by atoms with E-state index in [2.05, 4.69) is 22.4 Å². The molecular formula is C31H33F6N5O2. The predicted octanol–water partition coefficient (Wildman–Crippen LogP) is 8.30. The van der Waals surface area contributed by atoms with Gasteiger partial charge in [0.1, 0.15) is 11.9 Å². The molecule has 1 saturated carbocycles. The third kappa shape index (κ3) is 5.17. The molecule has 1 amide bonds. The molecule has 1 aliphatic carbocycles. The number of alkyl halides is 6. The number of pyridine rings is 1. The van der Waals surface area contributed by atoms with E-state index in [1.165, 1.54) is 4.90 Å². The van der Waals surface area contributed by atoms with Crippen LogP contribution in [0.25, 0.3) is 11.1 Å². The van der Waals surface area contributed by atoms with Crippen molar-refractivity contribution in [2.45, 2.75) is 96.4 Å². The fraction of sp³-hybridized carbons (Fsp3) is 0.516. The summed E-state index contributed by atoms with van der Waals surface area (Å²) in [5.74, 6) is 1.21. The summed E-state index contributed by atoms with van der Waals surface area (Å²) in [6.45, 7) is 7.59. The molecule has 4 bridgehead atoms. The average molecular weight is 622 g/mol. The van der Waals surface area contributed by atoms with E-state index in [9.17, 15) is 31.1 Å². The van der Waals surface area contributed by atoms with Crippen LogP contribution in [0.2, 0.25) is 0 Å². The largest absolute Gasteiger partial charge is 0.439 e. The van der Waals surface area contributed by atoms with Crippen LogP contribution in [0.5, 0.6) is 0 Å². The molecule has 2 N–H and O–H groups in total. The number of aromatic nitrogens is 3. The second-order valence-electron chi connectivity index (χ2n) is 12.2. The zero-order valence-corrected chi connectivity index (χ0v) is 24.7. The number of rotatable bonds is 5. The number of carbonyl (C=O) groups is 1. The molecule has 1 aromatic carbocycles. The Hall–Kier alpha value is -3.77. The monoisotopic (exact) mass is 621 g/mol. The Balaban J connectivity index is 1.42. The summed E-state index contributed by atoms with van der Waals surface area (Å²) in [4.78, 5) is 19.5. The first kappa shape index (κ1) is 30.3. The van der Waals surface area contributed by atoms with Gasteiger partial charge >= 0.3 is 18.4 Å². The molecule has 2 fully saturated rings. The van der Waals surface area contributed by atoms with E-state index < -0.39 is 41.7 Å². The van der Waals surface area contributed by atoms with Gasteiger partial charge in [0, 0.05) is 34.6 Å². The van der Waals surface area contributed by atoms with Crippen molar-refractivity contribution in [1.82, 2.24) is 20.1 Å². The fourth-order valence-electron chi connectivity index (χ4n) is 7.28. The lowest BCUT2D eigenvalue weighted by Gasteiger charge is -2.42. The van der Waals surface area contributed by atoms with Gasteiger partial charge in [-0.15, -0.1) is 0 Å². The third-order valence-corrected chi connectivity index (χ3v) is 9.52. The Labute approximate surface area is 250 Å². The summed E-state index contributed by atoms with van der Waals surface area (Å²) >= 11 is 0. The molecule has 13 heteroatoms. The molecule has 44 heavy (non-hydrogen) atoms. The van der Waals surface area contributed by atoms with Gasteiger partial charge in [-0.05, 0) is 81.2 Å². The molecule has 0 spiro atoms. The van der Waals surface area contributed by atoms with E-state index >= 15 is 0 Å². The van der Waals surface area contributed by atoms with Gasteiger partial charge in [-0.2, -0.15) is 31.4 Å². The summed E-state index contributed by atoms with van der Waals surface area (Å²) in [5.41, 5.74) is 2.03. The number of cyclic esters (lactones) is 1. The Morgan fingerprint density at radius 2 is 1.73 bits per heavy atom. The number of amides is 1. The number of nitrogens with zero attached hydrogens (tertiary/aromatic N) is 3. The van der Waals surface area contributed by atoms with Crippen molar-refractivity contribution in [2.24, 2.45) is 5.92 Å². The first-order chi connectivity index (χ1) is 20.7. The maximum Gasteiger partial charge on any atom is 0.416 e. The minimum Gasteiger partial charge on any atom is -0.439 e. The lowest BCUT2D eigenvalue weighted by Crippen LogP contribution is -2.39. The number of hydrogen-bond donors (Lipinski definition) is 2. The summed E-state index contributed by atoms with van der Waals surface area (Å²) in [6.07, 6.45) is -6.58.